The second kappa shape index (κ2) is 3.09. The minimum absolute atomic E-state index is 1.10. The van der Waals surface area contributed by atoms with Gasteiger partial charge in [0, 0.05) is 16.8 Å². The first kappa shape index (κ1) is 9.20. The van der Waals surface area contributed by atoms with Crippen LogP contribution >= 0.6 is 0 Å². The molecule has 0 atom stereocenters. The van der Waals surface area contributed by atoms with Gasteiger partial charge in [0.25, 0.3) is 0 Å². The predicted octanol–water partition coefficient (Wildman–Crippen LogP) is 3.47. The van der Waals surface area contributed by atoms with Gasteiger partial charge in [-0.3, -0.25) is 4.98 Å². The number of aryl methyl sites for hydroxylation is 4. The summed E-state index contributed by atoms with van der Waals surface area (Å²) in [5.41, 5.74) is 4.89. The van der Waals surface area contributed by atoms with Gasteiger partial charge in [-0.25, -0.2) is 0 Å². The van der Waals surface area contributed by atoms with Crippen LogP contribution in [0.1, 0.15) is 22.5 Å². The van der Waals surface area contributed by atoms with Crippen molar-refractivity contribution in [1.29, 1.82) is 0 Å². The van der Waals surface area contributed by atoms with Crippen LogP contribution in [-0.4, -0.2) is 4.98 Å². The van der Waals surface area contributed by atoms with Crippen molar-refractivity contribution >= 4 is 10.8 Å². The largest absolute Gasteiger partial charge is 0.258 e. The molecule has 1 heteroatoms. The zero-order valence-corrected chi connectivity index (χ0v) is 9.18. The first-order valence-corrected chi connectivity index (χ1v) is 4.94. The molecule has 0 unspecified atom stereocenters. The van der Waals surface area contributed by atoms with Crippen molar-refractivity contribution in [3.05, 3.63) is 40.7 Å². The van der Waals surface area contributed by atoms with Crippen LogP contribution in [0, 0.1) is 27.7 Å². The Morgan fingerprint density at radius 2 is 1.57 bits per heavy atom. The molecule has 14 heavy (non-hydrogen) atoms. The smallest absolute Gasteiger partial charge is 0.0456 e. The maximum absolute atomic E-state index is 4.50. The summed E-state index contributed by atoms with van der Waals surface area (Å²) in [6, 6.07) is 6.52. The van der Waals surface area contributed by atoms with Crippen LogP contribution < -0.4 is 0 Å². The second-order valence-electron chi connectivity index (χ2n) is 3.97. The molecule has 0 fully saturated rings. The van der Waals surface area contributed by atoms with Crippen molar-refractivity contribution in [2.45, 2.75) is 27.7 Å². The van der Waals surface area contributed by atoms with Crippen molar-refractivity contribution in [2.24, 2.45) is 0 Å². The summed E-state index contributed by atoms with van der Waals surface area (Å²) in [7, 11) is 0. The van der Waals surface area contributed by atoms with Crippen LogP contribution in [0.15, 0.2) is 18.2 Å². The Bertz CT molecular complexity index is 498. The lowest BCUT2D eigenvalue weighted by molar-refractivity contribution is 1.14. The minimum Gasteiger partial charge on any atom is -0.258 e. The van der Waals surface area contributed by atoms with E-state index in [1.165, 1.54) is 21.9 Å². The molecule has 0 aliphatic rings. The summed E-state index contributed by atoms with van der Waals surface area (Å²) in [6.45, 7) is 8.43. The van der Waals surface area contributed by atoms with Gasteiger partial charge in [0.1, 0.15) is 0 Å². The van der Waals surface area contributed by atoms with E-state index < -0.39 is 0 Å². The molecule has 1 aromatic heterocycles. The molecule has 0 aliphatic carbocycles. The number of benzene rings is 1. The number of rotatable bonds is 0. The van der Waals surface area contributed by atoms with Gasteiger partial charge in [-0.2, -0.15) is 0 Å². The van der Waals surface area contributed by atoms with Gasteiger partial charge < -0.3 is 0 Å². The van der Waals surface area contributed by atoms with Gasteiger partial charge >= 0.3 is 0 Å². The van der Waals surface area contributed by atoms with E-state index >= 15 is 0 Å². The lowest BCUT2D eigenvalue weighted by atomic mass is 10.00. The summed E-state index contributed by atoms with van der Waals surface area (Å²) >= 11 is 0. The number of pyridine rings is 1. The van der Waals surface area contributed by atoms with Crippen LogP contribution in [0.2, 0.25) is 0 Å². The first-order chi connectivity index (χ1) is 6.59. The third-order valence-corrected chi connectivity index (χ3v) is 2.73. The van der Waals surface area contributed by atoms with Gasteiger partial charge in [0.05, 0.1) is 0 Å². The molecule has 72 valence electrons. The Morgan fingerprint density at radius 1 is 0.929 bits per heavy atom. The van der Waals surface area contributed by atoms with Crippen molar-refractivity contribution < 1.29 is 0 Å². The van der Waals surface area contributed by atoms with Crippen LogP contribution in [0.3, 0.4) is 0 Å². The third-order valence-electron chi connectivity index (χ3n) is 2.73. The summed E-state index contributed by atoms with van der Waals surface area (Å²) in [4.78, 5) is 4.50. The third kappa shape index (κ3) is 1.29. The molecule has 0 N–H and O–H groups in total. The summed E-state index contributed by atoms with van der Waals surface area (Å²) in [6.07, 6.45) is 0. The highest BCUT2D eigenvalue weighted by atomic mass is 14.7. The quantitative estimate of drug-likeness (QED) is 0.612. The molecule has 0 saturated heterocycles. The van der Waals surface area contributed by atoms with Gasteiger partial charge in [0.2, 0.25) is 0 Å². The SMILES string of the molecule is Cc1cc2c(C)ccc(C)c2c(C)n1. The second-order valence-corrected chi connectivity index (χ2v) is 3.97. The zero-order chi connectivity index (χ0) is 10.3. The predicted molar refractivity (Wildman–Crippen MR) is 60.7 cm³/mol. The molecule has 0 bridgehead atoms. The normalized spacial score (nSPS) is 10.9. The highest BCUT2D eigenvalue weighted by molar-refractivity contribution is 5.90. The van der Waals surface area contributed by atoms with E-state index in [9.17, 15) is 0 Å². The summed E-state index contributed by atoms with van der Waals surface area (Å²) in [5.74, 6) is 0. The monoisotopic (exact) mass is 185 g/mol. The Kier molecular flexibility index (Phi) is 2.03. The van der Waals surface area contributed by atoms with Gasteiger partial charge in [-0.1, -0.05) is 12.1 Å². The molecule has 0 saturated carbocycles. The molecule has 0 spiro atoms. The fourth-order valence-electron chi connectivity index (χ4n) is 2.06. The number of hydrogen-bond acceptors (Lipinski definition) is 1. The van der Waals surface area contributed by atoms with Crippen molar-refractivity contribution in [2.75, 3.05) is 0 Å². The van der Waals surface area contributed by atoms with Crippen molar-refractivity contribution in [3.8, 4) is 0 Å². The average Bonchev–Trinajstić information content (AvgIpc) is 2.10. The Balaban J connectivity index is 3.00. The Hall–Kier alpha value is -1.37. The van der Waals surface area contributed by atoms with Crippen LogP contribution in [0.25, 0.3) is 10.8 Å². The fraction of sp³-hybridized carbons (Fsp3) is 0.308. The van der Waals surface area contributed by atoms with Crippen LogP contribution in [-0.2, 0) is 0 Å². The molecule has 1 heterocycles. The molecule has 2 rings (SSSR count). The summed E-state index contributed by atoms with van der Waals surface area (Å²) < 4.78 is 0. The maximum Gasteiger partial charge on any atom is 0.0456 e. The van der Waals surface area contributed by atoms with Gasteiger partial charge in [-0.05, 0) is 50.3 Å². The molecule has 2 aromatic rings. The van der Waals surface area contributed by atoms with Crippen molar-refractivity contribution in [1.82, 2.24) is 4.98 Å². The number of nitrogens with zero attached hydrogens (tertiary/aromatic N) is 1. The fourth-order valence-corrected chi connectivity index (χ4v) is 2.06. The molecular formula is C13H15N. The molecule has 0 amide bonds. The number of hydrogen-bond donors (Lipinski definition) is 0. The maximum atomic E-state index is 4.50. The van der Waals surface area contributed by atoms with Crippen LogP contribution in [0.4, 0.5) is 0 Å². The van der Waals surface area contributed by atoms with E-state index in [1.807, 2.05) is 6.92 Å². The van der Waals surface area contributed by atoms with Gasteiger partial charge in [-0.15, -0.1) is 0 Å². The first-order valence-electron chi connectivity index (χ1n) is 4.94. The highest BCUT2D eigenvalue weighted by Crippen LogP contribution is 2.24. The Morgan fingerprint density at radius 3 is 2.29 bits per heavy atom. The topological polar surface area (TPSA) is 12.9 Å². The molecular weight excluding hydrogens is 170 g/mol. The van der Waals surface area contributed by atoms with E-state index in [-0.39, 0.29) is 0 Å². The number of fused-ring (bicyclic) bond motifs is 1. The molecule has 0 aliphatic heterocycles. The minimum atomic E-state index is 1.10. The van der Waals surface area contributed by atoms with Crippen molar-refractivity contribution in [3.63, 3.8) is 0 Å². The molecule has 1 aromatic carbocycles. The van der Waals surface area contributed by atoms with E-state index in [0.717, 1.165) is 11.4 Å². The van der Waals surface area contributed by atoms with E-state index in [1.54, 1.807) is 0 Å². The van der Waals surface area contributed by atoms with Gasteiger partial charge in [0.15, 0.2) is 0 Å². The zero-order valence-electron chi connectivity index (χ0n) is 9.18. The lowest BCUT2D eigenvalue weighted by Gasteiger charge is -2.09. The van der Waals surface area contributed by atoms with E-state index in [4.69, 9.17) is 0 Å². The highest BCUT2D eigenvalue weighted by Gasteiger charge is 2.04. The van der Waals surface area contributed by atoms with E-state index in [0.29, 0.717) is 0 Å². The molecule has 1 nitrogen and oxygen atoms in total. The summed E-state index contributed by atoms with van der Waals surface area (Å²) in [5, 5.41) is 2.66. The lowest BCUT2D eigenvalue weighted by Crippen LogP contribution is -1.92. The Labute approximate surface area is 84.8 Å². The number of aromatic nitrogens is 1. The van der Waals surface area contributed by atoms with E-state index in [2.05, 4.69) is 44.0 Å². The van der Waals surface area contributed by atoms with Crippen LogP contribution in [0.5, 0.6) is 0 Å². The average molecular weight is 185 g/mol. The standard InChI is InChI=1S/C13H15N/c1-8-5-6-9(2)13-11(4)14-10(3)7-12(8)13/h5-7H,1-4H3. The molecule has 0 radical (unpaired) electrons.